The molecule has 0 atom stereocenters. The van der Waals surface area contributed by atoms with E-state index in [0.717, 1.165) is 45.8 Å². The minimum Gasteiger partial charge on any atom is -1.00 e. The van der Waals surface area contributed by atoms with E-state index in [9.17, 15) is 0 Å². The number of benzene rings is 8. The van der Waals surface area contributed by atoms with Gasteiger partial charge in [-0.2, -0.15) is 47.5 Å². The number of hydrogen-bond acceptors (Lipinski definition) is 0. The zero-order chi connectivity index (χ0) is 64.5. The third-order valence-corrected chi connectivity index (χ3v) is 19.7. The summed E-state index contributed by atoms with van der Waals surface area (Å²) >= 11 is 26.2. The van der Waals surface area contributed by atoms with E-state index >= 15 is 0 Å². The van der Waals surface area contributed by atoms with E-state index < -0.39 is 0 Å². The molecule has 0 saturated heterocycles. The van der Waals surface area contributed by atoms with E-state index in [1.54, 1.807) is 0 Å². The molecule has 0 amide bonds. The van der Waals surface area contributed by atoms with E-state index in [2.05, 4.69) is 184 Å². The second kappa shape index (κ2) is 33.4. The van der Waals surface area contributed by atoms with Crippen molar-refractivity contribution < 1.29 is 73.3 Å². The second-order valence-electron chi connectivity index (χ2n) is 27.2. The molecule has 0 radical (unpaired) electrons. The molecule has 4 aliphatic carbocycles. The van der Waals surface area contributed by atoms with Crippen molar-refractivity contribution in [3.8, 4) is 22.3 Å². The fourth-order valence-electron chi connectivity index (χ4n) is 11.5. The molecule has 0 fully saturated rings. The summed E-state index contributed by atoms with van der Waals surface area (Å²) in [6, 6.07) is 53.5. The van der Waals surface area contributed by atoms with Gasteiger partial charge in [0.05, 0.1) is 0 Å². The number of halogens is 6. The Balaban J connectivity index is 0.000000207. The van der Waals surface area contributed by atoms with E-state index in [1.165, 1.54) is 166 Å². The fraction of sp³-hybridized carbons (Fsp3) is 0.293. The summed E-state index contributed by atoms with van der Waals surface area (Å²) in [5, 5.41) is 3.07. The largest absolute Gasteiger partial charge is 1.00 e. The molecule has 8 aromatic carbocycles. The minimum absolute atomic E-state index is 0. The summed E-state index contributed by atoms with van der Waals surface area (Å²) in [7, 11) is 0. The fourth-order valence-corrected chi connectivity index (χ4v) is 13.7. The van der Waals surface area contributed by atoms with Crippen molar-refractivity contribution in [1.29, 1.82) is 0 Å². The molecule has 12 rings (SSSR count). The Bertz CT molecular complexity index is 3400. The molecule has 464 valence electrons. The first-order valence-corrected chi connectivity index (χ1v) is 34.3. The van der Waals surface area contributed by atoms with Crippen LogP contribution in [0.3, 0.4) is 0 Å². The summed E-state index contributed by atoms with van der Waals surface area (Å²) in [6.07, 6.45) is 22.1. The molecule has 0 bridgehead atoms. The standard InChI is InChI=1S/2C23H29.2C13H8Cl2.2C5H5.2ClH.2Zr/c2*1-14-9-16-11-17-10-15(2)21(23(6,7)8)13-19(17)18(16)12-20(14)22(3,4)5;2*14-12-5-1-10(2-6-12)9-11-3-7-13(15)8-4-11;2*1-2-4-5-3-1;;;;/h2*9,12-13H,11H2,1-8H3;2*1-8H;2*1-3H,4H2;2*1H;;/q2*-1;;;2*-1;;;2*+2/p-2. The van der Waals surface area contributed by atoms with Crippen molar-refractivity contribution in [2.24, 2.45) is 0 Å². The number of fused-ring (bicyclic) bond motifs is 6. The molecule has 0 spiro atoms. The Morgan fingerprint density at radius 3 is 0.833 bits per heavy atom. The molecule has 0 aromatic heterocycles. The van der Waals surface area contributed by atoms with Crippen molar-refractivity contribution in [2.45, 2.75) is 158 Å². The van der Waals surface area contributed by atoms with Gasteiger partial charge < -0.3 is 24.8 Å². The molecule has 4 aliphatic rings. The van der Waals surface area contributed by atoms with Gasteiger partial charge in [0.15, 0.2) is 0 Å². The third-order valence-electron chi connectivity index (χ3n) is 15.9. The smallest absolute Gasteiger partial charge is 0.109 e. The van der Waals surface area contributed by atoms with Crippen LogP contribution < -0.4 is 24.8 Å². The van der Waals surface area contributed by atoms with Crippen LogP contribution in [-0.4, -0.2) is 6.41 Å². The van der Waals surface area contributed by atoms with Gasteiger partial charge in [0, 0.05) is 0 Å². The van der Waals surface area contributed by atoms with Crippen molar-refractivity contribution in [2.75, 3.05) is 0 Å². The Labute approximate surface area is 603 Å². The summed E-state index contributed by atoms with van der Waals surface area (Å²) in [6.45, 7) is 36.5. The van der Waals surface area contributed by atoms with Gasteiger partial charge in [0.2, 0.25) is 0 Å². The van der Waals surface area contributed by atoms with Crippen LogP contribution in [0.5, 0.6) is 0 Å². The maximum absolute atomic E-state index is 5.86. The van der Waals surface area contributed by atoms with Crippen LogP contribution in [0.4, 0.5) is 0 Å². The van der Waals surface area contributed by atoms with Crippen molar-refractivity contribution in [3.05, 3.63) is 303 Å². The molecule has 8 heteroatoms. The molecule has 0 N–H and O–H groups in total. The van der Waals surface area contributed by atoms with Gasteiger partial charge >= 0.3 is 241 Å². The quantitative estimate of drug-likeness (QED) is 0.154. The van der Waals surface area contributed by atoms with Crippen molar-refractivity contribution >= 4 is 52.8 Å². The van der Waals surface area contributed by atoms with Gasteiger partial charge in [-0.15, -0.1) is 46.2 Å². The molecule has 8 aromatic rings. The van der Waals surface area contributed by atoms with Gasteiger partial charge in [-0.25, -0.2) is 24.3 Å². The Kier molecular flexibility index (Phi) is 28.4. The predicted molar refractivity (Wildman–Crippen MR) is 376 cm³/mol. The van der Waals surface area contributed by atoms with E-state index in [-0.39, 0.29) is 46.5 Å². The molecular formula is C82H84Cl6Zr2-2. The third kappa shape index (κ3) is 21.0. The number of aryl methyl sites for hydroxylation is 4. The first-order chi connectivity index (χ1) is 41.3. The SMILES string of the molecule is Cc1[c-]c2c(cc1C(C)(C)C)-c1cc(C(C)(C)C)c(C)cc1C2.Cc1[c-]c2c(cc1C(C)(C)C)-c1cc(C(C)(C)C)c(C)cc1C2.Clc1ccc([C](=[Zr+2])c2ccc(Cl)cc2)cc1.Clc1ccc([C](=[Zr+2])c2ccc(Cl)cc2)cc1.[C-]1=CC=CC1.[C-]1=CC=CC1.[Cl-].[Cl-]. The van der Waals surface area contributed by atoms with Crippen molar-refractivity contribution in [3.63, 3.8) is 0 Å². The normalized spacial score (nSPS) is 12.7. The molecular weight excluding hydrogens is 1380 g/mol. The van der Waals surface area contributed by atoms with E-state index in [0.29, 0.717) is 0 Å². The predicted octanol–water partition coefficient (Wildman–Crippen LogP) is 17.4. The first-order valence-electron chi connectivity index (χ1n) is 30.4. The molecule has 0 aliphatic heterocycles. The van der Waals surface area contributed by atoms with E-state index in [1.807, 2.05) is 121 Å². The van der Waals surface area contributed by atoms with Gasteiger partial charge in [-0.3, -0.25) is 12.2 Å². The van der Waals surface area contributed by atoms with Crippen LogP contribution >= 0.6 is 46.4 Å². The summed E-state index contributed by atoms with van der Waals surface area (Å²) < 4.78 is 2.61. The van der Waals surface area contributed by atoms with Crippen LogP contribution in [0.15, 0.2) is 170 Å². The van der Waals surface area contributed by atoms with Crippen molar-refractivity contribution in [1.82, 2.24) is 0 Å². The molecule has 0 unspecified atom stereocenters. The van der Waals surface area contributed by atoms with Crippen LogP contribution in [0.1, 0.15) is 185 Å². The number of rotatable bonds is 4. The van der Waals surface area contributed by atoms with Crippen LogP contribution in [0, 0.1) is 52.0 Å². The monoisotopic (exact) mass is 1460 g/mol. The summed E-state index contributed by atoms with van der Waals surface area (Å²) in [5.74, 6) is 0. The van der Waals surface area contributed by atoms with Crippen LogP contribution in [0.2, 0.25) is 20.1 Å². The molecule has 0 saturated carbocycles. The maximum atomic E-state index is 5.86. The van der Waals surface area contributed by atoms with Crippen LogP contribution in [0.25, 0.3) is 22.3 Å². The maximum Gasteiger partial charge on any atom is -0.109 e. The van der Waals surface area contributed by atoms with Gasteiger partial charge in [-0.05, 0) is 70.9 Å². The summed E-state index contributed by atoms with van der Waals surface area (Å²) in [4.78, 5) is 0. The Hall–Kier alpha value is -4.03. The van der Waals surface area contributed by atoms with E-state index in [4.69, 9.17) is 46.4 Å². The molecule has 0 heterocycles. The Morgan fingerprint density at radius 2 is 0.622 bits per heavy atom. The second-order valence-corrected chi connectivity index (χ2v) is 31.4. The minimum atomic E-state index is 0. The van der Waals surface area contributed by atoms with Gasteiger partial charge in [0.1, 0.15) is 0 Å². The first kappa shape index (κ1) is 76.7. The zero-order valence-electron chi connectivity index (χ0n) is 55.3. The number of allylic oxidation sites excluding steroid dienone is 8. The zero-order valence-corrected chi connectivity index (χ0v) is 64.7. The summed E-state index contributed by atoms with van der Waals surface area (Å²) in [5.41, 5.74) is 28.1. The topological polar surface area (TPSA) is 0 Å². The average molecular weight is 1460 g/mol. The average Bonchev–Trinajstić information content (AvgIpc) is 1.62. The molecule has 90 heavy (non-hydrogen) atoms. The van der Waals surface area contributed by atoms with Gasteiger partial charge in [-0.1, -0.05) is 143 Å². The van der Waals surface area contributed by atoms with Gasteiger partial charge in [0.25, 0.3) is 0 Å². The number of hydrogen-bond donors (Lipinski definition) is 0. The molecule has 0 nitrogen and oxygen atoms in total. The Morgan fingerprint density at radius 1 is 0.367 bits per heavy atom. The van der Waals surface area contributed by atoms with Crippen LogP contribution in [-0.2, 0) is 83.0 Å².